The standard InChI is InChI=1S/C20H30O3/c1-5-7-8-9-10-11-12-13-17(6-2)23-20-15-18(21-3)14-19(16-20)22-4/h5-6,14-17H,1-2,7-13H2,3-4H3. The Morgan fingerprint density at radius 2 is 1.43 bits per heavy atom. The van der Waals surface area contributed by atoms with E-state index >= 15 is 0 Å². The average Bonchev–Trinajstić information content (AvgIpc) is 2.59. The summed E-state index contributed by atoms with van der Waals surface area (Å²) in [5.41, 5.74) is 0. The highest BCUT2D eigenvalue weighted by Gasteiger charge is 2.09. The Morgan fingerprint density at radius 1 is 0.870 bits per heavy atom. The summed E-state index contributed by atoms with van der Waals surface area (Å²) in [5.74, 6) is 2.20. The smallest absolute Gasteiger partial charge is 0.127 e. The molecule has 0 N–H and O–H groups in total. The maximum Gasteiger partial charge on any atom is 0.127 e. The van der Waals surface area contributed by atoms with Crippen LogP contribution in [0.1, 0.15) is 44.9 Å². The summed E-state index contributed by atoms with van der Waals surface area (Å²) in [6.45, 7) is 7.63. The van der Waals surface area contributed by atoms with E-state index in [2.05, 4.69) is 13.2 Å². The number of hydrogen-bond acceptors (Lipinski definition) is 3. The van der Waals surface area contributed by atoms with Crippen molar-refractivity contribution < 1.29 is 14.2 Å². The number of benzene rings is 1. The zero-order chi connectivity index (χ0) is 16.9. The van der Waals surface area contributed by atoms with Gasteiger partial charge in [-0.05, 0) is 25.7 Å². The Hall–Kier alpha value is -1.90. The lowest BCUT2D eigenvalue weighted by atomic mass is 10.1. The summed E-state index contributed by atoms with van der Waals surface area (Å²) in [5, 5.41) is 0. The molecular weight excluding hydrogens is 288 g/mol. The summed E-state index contributed by atoms with van der Waals surface area (Å²) < 4.78 is 16.5. The van der Waals surface area contributed by atoms with E-state index in [4.69, 9.17) is 14.2 Å². The van der Waals surface area contributed by atoms with Crippen LogP contribution in [0.25, 0.3) is 0 Å². The molecule has 0 bridgehead atoms. The first-order valence-electron chi connectivity index (χ1n) is 8.36. The largest absolute Gasteiger partial charge is 0.496 e. The molecule has 1 unspecified atom stereocenters. The molecule has 3 nitrogen and oxygen atoms in total. The quantitative estimate of drug-likeness (QED) is 0.352. The second kappa shape index (κ2) is 11.6. The van der Waals surface area contributed by atoms with E-state index < -0.39 is 0 Å². The summed E-state index contributed by atoms with van der Waals surface area (Å²) in [7, 11) is 3.27. The van der Waals surface area contributed by atoms with Gasteiger partial charge in [-0.15, -0.1) is 6.58 Å². The van der Waals surface area contributed by atoms with Crippen molar-refractivity contribution in [1.82, 2.24) is 0 Å². The molecule has 0 aromatic heterocycles. The lowest BCUT2D eigenvalue weighted by Crippen LogP contribution is -2.13. The van der Waals surface area contributed by atoms with Gasteiger partial charge in [0.2, 0.25) is 0 Å². The zero-order valence-electron chi connectivity index (χ0n) is 14.6. The van der Waals surface area contributed by atoms with Crippen molar-refractivity contribution in [2.24, 2.45) is 0 Å². The fourth-order valence-electron chi connectivity index (χ4n) is 2.41. The zero-order valence-corrected chi connectivity index (χ0v) is 14.6. The Morgan fingerprint density at radius 3 is 2.00 bits per heavy atom. The number of methoxy groups -OCH3 is 2. The predicted octanol–water partition coefficient (Wildman–Crippen LogP) is 5.55. The van der Waals surface area contributed by atoms with Gasteiger partial charge >= 0.3 is 0 Å². The van der Waals surface area contributed by atoms with Gasteiger partial charge in [0.15, 0.2) is 0 Å². The van der Waals surface area contributed by atoms with Crippen molar-refractivity contribution in [2.75, 3.05) is 14.2 Å². The van der Waals surface area contributed by atoms with Crippen LogP contribution >= 0.6 is 0 Å². The minimum absolute atomic E-state index is 0.0139. The molecule has 0 amide bonds. The van der Waals surface area contributed by atoms with Crippen LogP contribution in [0.15, 0.2) is 43.5 Å². The van der Waals surface area contributed by atoms with Gasteiger partial charge in [0.05, 0.1) is 14.2 Å². The Kier molecular flexibility index (Phi) is 9.69. The monoisotopic (exact) mass is 318 g/mol. The molecule has 0 aliphatic carbocycles. The molecule has 3 heteroatoms. The maximum absolute atomic E-state index is 6.00. The first-order chi connectivity index (χ1) is 11.2. The summed E-state index contributed by atoms with van der Waals surface area (Å²) >= 11 is 0. The third kappa shape index (κ3) is 7.78. The normalized spacial score (nSPS) is 11.6. The molecule has 1 atom stereocenters. The van der Waals surface area contributed by atoms with Crippen molar-refractivity contribution >= 4 is 0 Å². The van der Waals surface area contributed by atoms with Crippen molar-refractivity contribution in [3.05, 3.63) is 43.5 Å². The van der Waals surface area contributed by atoms with E-state index in [0.717, 1.165) is 36.5 Å². The maximum atomic E-state index is 6.00. The molecule has 0 radical (unpaired) electrons. The minimum atomic E-state index is 0.0139. The fraction of sp³-hybridized carbons (Fsp3) is 0.500. The van der Waals surface area contributed by atoms with Gasteiger partial charge in [-0.3, -0.25) is 0 Å². The van der Waals surface area contributed by atoms with Crippen LogP contribution in [0.3, 0.4) is 0 Å². The average molecular weight is 318 g/mol. The summed E-state index contributed by atoms with van der Waals surface area (Å²) in [4.78, 5) is 0. The number of ether oxygens (including phenoxy) is 3. The molecule has 1 rings (SSSR count). The second-order valence-corrected chi connectivity index (χ2v) is 5.57. The molecule has 0 spiro atoms. The highest BCUT2D eigenvalue weighted by molar-refractivity contribution is 5.42. The van der Waals surface area contributed by atoms with Gasteiger partial charge < -0.3 is 14.2 Å². The fourth-order valence-corrected chi connectivity index (χ4v) is 2.41. The molecular formula is C20H30O3. The molecule has 0 fully saturated rings. The first kappa shape index (κ1) is 19.1. The van der Waals surface area contributed by atoms with E-state index in [1.807, 2.05) is 30.4 Å². The molecule has 1 aromatic carbocycles. The van der Waals surface area contributed by atoms with E-state index in [0.29, 0.717) is 0 Å². The van der Waals surface area contributed by atoms with Crippen molar-refractivity contribution in [2.45, 2.75) is 51.0 Å². The van der Waals surface area contributed by atoms with Crippen LogP contribution in [0.5, 0.6) is 17.2 Å². The molecule has 1 aromatic rings. The lowest BCUT2D eigenvalue weighted by molar-refractivity contribution is 0.231. The topological polar surface area (TPSA) is 27.7 Å². The molecule has 0 aliphatic rings. The number of allylic oxidation sites excluding steroid dienone is 1. The first-order valence-corrected chi connectivity index (χ1v) is 8.36. The van der Waals surface area contributed by atoms with Gasteiger partial charge in [-0.1, -0.05) is 38.0 Å². The third-order valence-corrected chi connectivity index (χ3v) is 3.77. The van der Waals surface area contributed by atoms with E-state index in [1.54, 1.807) is 14.2 Å². The van der Waals surface area contributed by atoms with Crippen LogP contribution in [0.2, 0.25) is 0 Å². The van der Waals surface area contributed by atoms with Gasteiger partial charge in [0.25, 0.3) is 0 Å². The predicted molar refractivity (Wildman–Crippen MR) is 96.7 cm³/mol. The number of rotatable bonds is 13. The Balaban J connectivity index is 2.40. The van der Waals surface area contributed by atoms with E-state index in [9.17, 15) is 0 Å². The SMILES string of the molecule is C=CCCCCCCCC(C=C)Oc1cc(OC)cc(OC)c1. The molecule has 23 heavy (non-hydrogen) atoms. The highest BCUT2D eigenvalue weighted by atomic mass is 16.5. The molecule has 0 heterocycles. The molecule has 0 aliphatic heterocycles. The molecule has 0 saturated heterocycles. The van der Waals surface area contributed by atoms with E-state index in [1.165, 1.54) is 25.7 Å². The Bertz CT molecular complexity index is 446. The third-order valence-electron chi connectivity index (χ3n) is 3.77. The van der Waals surface area contributed by atoms with Gasteiger partial charge in [0, 0.05) is 18.2 Å². The van der Waals surface area contributed by atoms with E-state index in [-0.39, 0.29) is 6.10 Å². The summed E-state index contributed by atoms with van der Waals surface area (Å²) in [6, 6.07) is 5.57. The van der Waals surface area contributed by atoms with Gasteiger partial charge in [-0.25, -0.2) is 0 Å². The van der Waals surface area contributed by atoms with Crippen LogP contribution < -0.4 is 14.2 Å². The number of unbranched alkanes of at least 4 members (excludes halogenated alkanes) is 5. The van der Waals surface area contributed by atoms with Crippen LogP contribution in [-0.2, 0) is 0 Å². The molecule has 128 valence electrons. The van der Waals surface area contributed by atoms with Crippen molar-refractivity contribution in [3.8, 4) is 17.2 Å². The lowest BCUT2D eigenvalue weighted by Gasteiger charge is -2.17. The minimum Gasteiger partial charge on any atom is -0.496 e. The van der Waals surface area contributed by atoms with Gasteiger partial charge in [-0.2, -0.15) is 0 Å². The Labute approximate surface area is 141 Å². The van der Waals surface area contributed by atoms with Crippen LogP contribution in [0, 0.1) is 0 Å². The van der Waals surface area contributed by atoms with Crippen LogP contribution in [-0.4, -0.2) is 20.3 Å². The highest BCUT2D eigenvalue weighted by Crippen LogP contribution is 2.28. The van der Waals surface area contributed by atoms with Gasteiger partial charge in [0.1, 0.15) is 23.4 Å². The molecule has 0 saturated carbocycles. The van der Waals surface area contributed by atoms with Crippen molar-refractivity contribution in [3.63, 3.8) is 0 Å². The number of hydrogen-bond donors (Lipinski definition) is 0. The second-order valence-electron chi connectivity index (χ2n) is 5.57. The van der Waals surface area contributed by atoms with Crippen LogP contribution in [0.4, 0.5) is 0 Å². The summed E-state index contributed by atoms with van der Waals surface area (Å²) in [6.07, 6.45) is 12.1. The van der Waals surface area contributed by atoms with Crippen molar-refractivity contribution in [1.29, 1.82) is 0 Å².